The van der Waals surface area contributed by atoms with Crippen molar-refractivity contribution in [3.05, 3.63) is 48.6 Å². The van der Waals surface area contributed by atoms with Gasteiger partial charge in [0.2, 0.25) is 0 Å². The average molecular weight is 717 g/mol. The molecule has 0 unspecified atom stereocenters. The molecule has 0 bridgehead atoms. The van der Waals surface area contributed by atoms with E-state index in [1.165, 1.54) is 89.9 Å². The summed E-state index contributed by atoms with van der Waals surface area (Å²) < 4.78 is 10.6. The van der Waals surface area contributed by atoms with E-state index in [2.05, 4.69) is 62.5 Å². The van der Waals surface area contributed by atoms with Gasteiger partial charge in [-0.2, -0.15) is 0 Å². The maximum atomic E-state index is 12.2. The van der Waals surface area contributed by atoms with Gasteiger partial charge in [-0.25, -0.2) is 0 Å². The van der Waals surface area contributed by atoms with Crippen LogP contribution >= 0.6 is 0 Å². The molecule has 0 heterocycles. The molecule has 0 fully saturated rings. The van der Waals surface area contributed by atoms with Crippen LogP contribution in [0.2, 0.25) is 0 Å². The van der Waals surface area contributed by atoms with Crippen LogP contribution in [0.4, 0.5) is 0 Å². The molecule has 51 heavy (non-hydrogen) atoms. The number of ether oxygens (including phenoxy) is 2. The number of carbonyl (C=O) groups excluding carboxylic acids is 2. The molecule has 0 aliphatic heterocycles. The lowest BCUT2D eigenvalue weighted by molar-refractivity contribution is -0.161. The van der Waals surface area contributed by atoms with E-state index in [0.29, 0.717) is 12.8 Å². The monoisotopic (exact) mass is 717 g/mol. The average Bonchev–Trinajstić information content (AvgIpc) is 3.12. The first kappa shape index (κ1) is 48.8. The van der Waals surface area contributed by atoms with Crippen LogP contribution in [0, 0.1) is 5.92 Å². The Labute approximate surface area is 314 Å². The van der Waals surface area contributed by atoms with Gasteiger partial charge >= 0.3 is 11.9 Å². The molecule has 0 radical (unpaired) electrons. The van der Waals surface area contributed by atoms with Crippen LogP contribution < -0.4 is 0 Å². The lowest BCUT2D eigenvalue weighted by atomic mass is 10.0. The van der Waals surface area contributed by atoms with Gasteiger partial charge < -0.3 is 19.7 Å². The first-order valence-corrected chi connectivity index (χ1v) is 21.1. The maximum absolute atomic E-state index is 12.2. The van der Waals surface area contributed by atoms with Gasteiger partial charge in [0.1, 0.15) is 6.61 Å². The van der Waals surface area contributed by atoms with Crippen molar-refractivity contribution >= 4 is 11.9 Å². The van der Waals surface area contributed by atoms with Crippen molar-refractivity contribution in [1.29, 1.82) is 0 Å². The van der Waals surface area contributed by atoms with Gasteiger partial charge in [0, 0.05) is 12.8 Å². The van der Waals surface area contributed by atoms with Crippen LogP contribution in [0.3, 0.4) is 0 Å². The van der Waals surface area contributed by atoms with E-state index in [1.807, 2.05) is 6.92 Å². The summed E-state index contributed by atoms with van der Waals surface area (Å²) >= 11 is 0. The number of unbranched alkanes of at least 4 members (excludes halogenated alkanes) is 16. The van der Waals surface area contributed by atoms with E-state index < -0.39 is 6.10 Å². The first-order chi connectivity index (χ1) is 24.9. The fourth-order valence-electron chi connectivity index (χ4n) is 5.83. The van der Waals surface area contributed by atoms with Crippen LogP contribution in [-0.2, 0) is 19.1 Å². The molecule has 6 heteroatoms. The van der Waals surface area contributed by atoms with Crippen molar-refractivity contribution in [3.8, 4) is 0 Å². The van der Waals surface area contributed by atoms with Gasteiger partial charge in [-0.3, -0.25) is 9.59 Å². The predicted molar refractivity (Wildman–Crippen MR) is 216 cm³/mol. The highest BCUT2D eigenvalue weighted by Crippen LogP contribution is 2.15. The number of hydrogen-bond acceptors (Lipinski definition) is 6. The molecule has 0 saturated heterocycles. The third kappa shape index (κ3) is 38.9. The fourth-order valence-corrected chi connectivity index (χ4v) is 5.83. The number of allylic oxidation sites excluding steroid dienone is 8. The lowest BCUT2D eigenvalue weighted by Crippen LogP contribution is -2.28. The van der Waals surface area contributed by atoms with Gasteiger partial charge in [-0.15, -0.1) is 0 Å². The summed E-state index contributed by atoms with van der Waals surface area (Å²) in [5, 5.41) is 19.1. The topological polar surface area (TPSA) is 93.1 Å². The molecule has 2 N–H and O–H groups in total. The van der Waals surface area contributed by atoms with Crippen molar-refractivity contribution in [2.45, 2.75) is 206 Å². The Kier molecular flexibility index (Phi) is 37.4. The van der Waals surface area contributed by atoms with Crippen molar-refractivity contribution in [3.63, 3.8) is 0 Å². The maximum Gasteiger partial charge on any atom is 0.306 e. The Morgan fingerprint density at radius 3 is 1.45 bits per heavy atom. The molecule has 0 aromatic heterocycles. The predicted octanol–water partition coefficient (Wildman–Crippen LogP) is 12.2. The summed E-state index contributed by atoms with van der Waals surface area (Å²) in [5.41, 5.74) is 0. The minimum Gasteiger partial charge on any atom is -0.462 e. The van der Waals surface area contributed by atoms with Gasteiger partial charge in [-0.05, 0) is 63.7 Å². The largest absolute Gasteiger partial charge is 0.462 e. The van der Waals surface area contributed by atoms with Gasteiger partial charge in [-0.1, -0.05) is 172 Å². The molecule has 0 rings (SSSR count). The normalized spacial score (nSPS) is 13.4. The minimum absolute atomic E-state index is 0.0955. The zero-order valence-corrected chi connectivity index (χ0v) is 33.4. The SMILES string of the molecule is CC[C@@H](O)CC/C=C\C/C=C\C/C=C\C/C=C\CCCC(=O)O[C@@H](CO)COC(=O)CCCCCCCCCCCCCCCCCCC(C)C. The molecule has 0 aliphatic rings. The third-order valence-electron chi connectivity index (χ3n) is 9.22. The standard InChI is InChI=1S/C45H80O6/c1-4-42(47)36-32-28-24-20-16-12-9-10-14-18-22-26-30-34-38-45(49)51-43(39-46)40-50-44(48)37-33-29-25-21-17-13-8-6-5-7-11-15-19-23-27-31-35-41(2)3/h10,12,14,16,22,24,26,28,41-43,46-47H,4-9,11,13,15,17-21,23,25,27,29-40H2,1-3H3/b14-10-,16-12-,26-22-,28-24-/t42-,43+/m1/s1. The van der Waals surface area contributed by atoms with Gasteiger partial charge in [0.05, 0.1) is 12.7 Å². The summed E-state index contributed by atoms with van der Waals surface area (Å²) in [7, 11) is 0. The number of aliphatic hydroxyl groups excluding tert-OH is 2. The number of aliphatic hydroxyl groups is 2. The van der Waals surface area contributed by atoms with Crippen molar-refractivity contribution in [2.24, 2.45) is 5.92 Å². The van der Waals surface area contributed by atoms with Gasteiger partial charge in [0.25, 0.3) is 0 Å². The van der Waals surface area contributed by atoms with Crippen molar-refractivity contribution in [2.75, 3.05) is 13.2 Å². The second-order valence-electron chi connectivity index (χ2n) is 14.7. The summed E-state index contributed by atoms with van der Waals surface area (Å²) in [6.45, 7) is 6.18. The second kappa shape index (κ2) is 39.0. The zero-order valence-electron chi connectivity index (χ0n) is 33.4. The summed E-state index contributed by atoms with van der Waals surface area (Å²) in [6.07, 6.45) is 45.5. The molecule has 0 aromatic carbocycles. The lowest BCUT2D eigenvalue weighted by Gasteiger charge is -2.15. The number of rotatable bonds is 37. The molecule has 0 amide bonds. The zero-order chi connectivity index (χ0) is 37.5. The molecule has 6 nitrogen and oxygen atoms in total. The highest BCUT2D eigenvalue weighted by molar-refractivity contribution is 5.70. The summed E-state index contributed by atoms with van der Waals surface area (Å²) in [5.74, 6) is 0.182. The smallest absolute Gasteiger partial charge is 0.306 e. The third-order valence-corrected chi connectivity index (χ3v) is 9.22. The minimum atomic E-state index is -0.809. The van der Waals surface area contributed by atoms with Crippen LogP contribution in [-0.4, -0.2) is 47.6 Å². The van der Waals surface area contributed by atoms with E-state index in [1.54, 1.807) is 0 Å². The summed E-state index contributed by atoms with van der Waals surface area (Å²) in [4.78, 5) is 24.3. The Hall–Kier alpha value is -2.18. The van der Waals surface area contributed by atoms with Crippen LogP contribution in [0.15, 0.2) is 48.6 Å². The van der Waals surface area contributed by atoms with E-state index >= 15 is 0 Å². The number of hydrogen-bond donors (Lipinski definition) is 2. The summed E-state index contributed by atoms with van der Waals surface area (Å²) in [6, 6.07) is 0. The molecule has 296 valence electrons. The van der Waals surface area contributed by atoms with E-state index in [0.717, 1.165) is 70.1 Å². The highest BCUT2D eigenvalue weighted by atomic mass is 16.6. The Morgan fingerprint density at radius 2 is 0.980 bits per heavy atom. The van der Waals surface area contributed by atoms with Crippen LogP contribution in [0.1, 0.15) is 194 Å². The Bertz CT molecular complexity index is 889. The number of esters is 2. The van der Waals surface area contributed by atoms with Crippen molar-refractivity contribution in [1.82, 2.24) is 0 Å². The van der Waals surface area contributed by atoms with Crippen LogP contribution in [0.5, 0.6) is 0 Å². The number of carbonyl (C=O) groups is 2. The Morgan fingerprint density at radius 1 is 0.549 bits per heavy atom. The second-order valence-corrected chi connectivity index (χ2v) is 14.7. The first-order valence-electron chi connectivity index (χ1n) is 21.1. The van der Waals surface area contributed by atoms with E-state index in [9.17, 15) is 19.8 Å². The molecule has 2 atom stereocenters. The fraction of sp³-hybridized carbons (Fsp3) is 0.778. The van der Waals surface area contributed by atoms with E-state index in [-0.39, 0.29) is 37.7 Å². The quantitative estimate of drug-likeness (QED) is 0.0378. The van der Waals surface area contributed by atoms with Crippen LogP contribution in [0.25, 0.3) is 0 Å². The molecule has 0 spiro atoms. The molecule has 0 aromatic rings. The molecular weight excluding hydrogens is 636 g/mol. The molecule has 0 saturated carbocycles. The molecule has 0 aliphatic carbocycles. The Balaban J connectivity index is 3.63. The van der Waals surface area contributed by atoms with Gasteiger partial charge in [0.15, 0.2) is 6.10 Å². The van der Waals surface area contributed by atoms with E-state index in [4.69, 9.17) is 9.47 Å². The molecular formula is C45H80O6. The highest BCUT2D eigenvalue weighted by Gasteiger charge is 2.16. The van der Waals surface area contributed by atoms with Crippen molar-refractivity contribution < 1.29 is 29.3 Å².